The molecule has 1 amide bonds. The van der Waals surface area contributed by atoms with Crippen molar-refractivity contribution in [2.75, 3.05) is 5.32 Å². The first kappa shape index (κ1) is 15.8. The van der Waals surface area contributed by atoms with Crippen LogP contribution in [-0.4, -0.2) is 35.9 Å². The third-order valence-electron chi connectivity index (χ3n) is 3.50. The molecule has 8 nitrogen and oxygen atoms in total. The molecular weight excluding hydrogens is 313 g/mol. The lowest BCUT2D eigenvalue weighted by Crippen LogP contribution is -2.16. The van der Waals surface area contributed by atoms with Gasteiger partial charge in [0, 0.05) is 18.9 Å². The second-order valence-corrected chi connectivity index (χ2v) is 5.53. The van der Waals surface area contributed by atoms with E-state index in [1.807, 2.05) is 13.8 Å². The largest absolute Gasteiger partial charge is 0.321 e. The number of carbonyl (C=O) groups is 1. The smallest absolute Gasteiger partial charge is 0.273 e. The number of anilines is 1. The Labute approximate surface area is 137 Å². The summed E-state index contributed by atoms with van der Waals surface area (Å²) >= 11 is 0. The fourth-order valence-corrected chi connectivity index (χ4v) is 2.28. The van der Waals surface area contributed by atoms with Crippen molar-refractivity contribution in [3.63, 3.8) is 0 Å². The number of hydrogen-bond acceptors (Lipinski definition) is 5. The van der Waals surface area contributed by atoms with Gasteiger partial charge in [0.25, 0.3) is 5.91 Å². The van der Waals surface area contributed by atoms with E-state index >= 15 is 0 Å². The lowest BCUT2D eigenvalue weighted by molar-refractivity contribution is 0.101. The molecule has 2 aromatic heterocycles. The van der Waals surface area contributed by atoms with Gasteiger partial charge in [0.1, 0.15) is 11.5 Å². The highest BCUT2D eigenvalue weighted by atomic mass is 19.1. The van der Waals surface area contributed by atoms with E-state index in [-0.39, 0.29) is 17.5 Å². The van der Waals surface area contributed by atoms with Crippen molar-refractivity contribution in [2.24, 2.45) is 7.05 Å². The minimum absolute atomic E-state index is 0.00128. The van der Waals surface area contributed by atoms with Crippen LogP contribution in [0, 0.1) is 5.82 Å². The first-order valence-corrected chi connectivity index (χ1v) is 7.34. The van der Waals surface area contributed by atoms with E-state index in [9.17, 15) is 9.18 Å². The van der Waals surface area contributed by atoms with Crippen molar-refractivity contribution in [2.45, 2.75) is 19.9 Å². The molecule has 0 bridgehead atoms. The molecule has 0 radical (unpaired) electrons. The van der Waals surface area contributed by atoms with Gasteiger partial charge in [0.2, 0.25) is 0 Å². The van der Waals surface area contributed by atoms with Gasteiger partial charge in [-0.05, 0) is 48.5 Å². The van der Waals surface area contributed by atoms with Crippen molar-refractivity contribution in [3.8, 4) is 11.4 Å². The van der Waals surface area contributed by atoms with E-state index in [0.29, 0.717) is 17.2 Å². The number of nitrogens with one attached hydrogen (secondary N) is 1. The molecule has 0 saturated carbocycles. The Balaban J connectivity index is 1.86. The number of hydrogen-bond donors (Lipinski definition) is 1. The van der Waals surface area contributed by atoms with Gasteiger partial charge >= 0.3 is 0 Å². The zero-order valence-corrected chi connectivity index (χ0v) is 13.4. The third-order valence-corrected chi connectivity index (χ3v) is 3.50. The first-order valence-electron chi connectivity index (χ1n) is 7.34. The number of amides is 1. The summed E-state index contributed by atoms with van der Waals surface area (Å²) in [6.07, 6.45) is 1.52. The zero-order chi connectivity index (χ0) is 17.3. The maximum Gasteiger partial charge on any atom is 0.273 e. The molecule has 24 heavy (non-hydrogen) atoms. The maximum atomic E-state index is 14.5. The van der Waals surface area contributed by atoms with Crippen molar-refractivity contribution in [1.29, 1.82) is 0 Å². The van der Waals surface area contributed by atoms with Crippen molar-refractivity contribution in [3.05, 3.63) is 42.0 Å². The molecular formula is C15H16FN7O. The average molecular weight is 329 g/mol. The van der Waals surface area contributed by atoms with Gasteiger partial charge < -0.3 is 5.32 Å². The Morgan fingerprint density at radius 1 is 1.29 bits per heavy atom. The molecule has 0 saturated heterocycles. The van der Waals surface area contributed by atoms with Gasteiger partial charge in [-0.15, -0.1) is 5.10 Å². The molecule has 124 valence electrons. The standard InChI is InChI=1S/C15H16FN7O/c1-9(2)23-14(19-20-21-23)11-5-4-10(8-12(11)16)18-15(24)13-6-7-17-22(13)3/h4-9H,1-3H3,(H,18,24). The maximum absolute atomic E-state index is 14.5. The molecule has 0 aliphatic rings. The molecule has 9 heteroatoms. The summed E-state index contributed by atoms with van der Waals surface area (Å²) in [5, 5.41) is 17.9. The number of benzene rings is 1. The van der Waals surface area contributed by atoms with Crippen molar-refractivity contribution >= 4 is 11.6 Å². The number of aryl methyl sites for hydroxylation is 1. The molecule has 3 rings (SSSR count). The van der Waals surface area contributed by atoms with Crippen molar-refractivity contribution in [1.82, 2.24) is 30.0 Å². The molecule has 0 atom stereocenters. The minimum Gasteiger partial charge on any atom is -0.321 e. The molecule has 0 spiro atoms. The molecule has 2 heterocycles. The fraction of sp³-hybridized carbons (Fsp3) is 0.267. The van der Waals surface area contributed by atoms with Crippen LogP contribution in [0.1, 0.15) is 30.4 Å². The molecule has 1 aromatic carbocycles. The fourth-order valence-electron chi connectivity index (χ4n) is 2.28. The summed E-state index contributed by atoms with van der Waals surface area (Å²) in [6.45, 7) is 3.81. The van der Waals surface area contributed by atoms with Gasteiger partial charge in [0.15, 0.2) is 5.82 Å². The van der Waals surface area contributed by atoms with Gasteiger partial charge in [-0.1, -0.05) is 0 Å². The number of nitrogens with zero attached hydrogens (tertiary/aromatic N) is 6. The SMILES string of the molecule is CC(C)n1nnnc1-c1ccc(NC(=O)c2ccnn2C)cc1F. The number of rotatable bonds is 4. The Morgan fingerprint density at radius 2 is 2.08 bits per heavy atom. The van der Waals surface area contributed by atoms with E-state index < -0.39 is 5.82 Å². The quantitative estimate of drug-likeness (QED) is 0.791. The van der Waals surface area contributed by atoms with Crippen LogP contribution in [0.3, 0.4) is 0 Å². The highest BCUT2D eigenvalue weighted by Crippen LogP contribution is 2.25. The van der Waals surface area contributed by atoms with E-state index in [0.717, 1.165) is 0 Å². The number of tetrazole rings is 1. The number of aromatic nitrogens is 6. The van der Waals surface area contributed by atoms with Gasteiger partial charge in [-0.3, -0.25) is 9.48 Å². The minimum atomic E-state index is -0.519. The second kappa shape index (κ2) is 6.19. The van der Waals surface area contributed by atoms with Crippen LogP contribution < -0.4 is 5.32 Å². The van der Waals surface area contributed by atoms with Gasteiger partial charge in [-0.25, -0.2) is 9.07 Å². The Morgan fingerprint density at radius 3 is 2.71 bits per heavy atom. The van der Waals surface area contributed by atoms with Crippen LogP contribution in [0.25, 0.3) is 11.4 Å². The summed E-state index contributed by atoms with van der Waals surface area (Å²) in [4.78, 5) is 12.1. The Kier molecular flexibility index (Phi) is 4.07. The Hall–Kier alpha value is -3.10. The first-order chi connectivity index (χ1) is 11.5. The summed E-state index contributed by atoms with van der Waals surface area (Å²) < 4.78 is 17.4. The van der Waals surface area contributed by atoms with Crippen LogP contribution in [0.4, 0.5) is 10.1 Å². The average Bonchev–Trinajstić information content (AvgIpc) is 3.16. The monoisotopic (exact) mass is 329 g/mol. The molecule has 0 aliphatic heterocycles. The van der Waals surface area contributed by atoms with Crippen molar-refractivity contribution < 1.29 is 9.18 Å². The molecule has 1 N–H and O–H groups in total. The van der Waals surface area contributed by atoms with E-state index in [1.54, 1.807) is 25.2 Å². The highest BCUT2D eigenvalue weighted by Gasteiger charge is 2.17. The normalized spacial score (nSPS) is 11.0. The summed E-state index contributed by atoms with van der Waals surface area (Å²) in [5.74, 6) is -0.546. The predicted molar refractivity (Wildman–Crippen MR) is 84.8 cm³/mol. The van der Waals surface area contributed by atoms with Crippen LogP contribution in [0.15, 0.2) is 30.5 Å². The molecule has 0 fully saturated rings. The van der Waals surface area contributed by atoms with Gasteiger partial charge in [-0.2, -0.15) is 5.10 Å². The van der Waals surface area contributed by atoms with Crippen LogP contribution >= 0.6 is 0 Å². The third kappa shape index (κ3) is 2.87. The Bertz CT molecular complexity index is 884. The van der Waals surface area contributed by atoms with Crippen LogP contribution in [0.2, 0.25) is 0 Å². The summed E-state index contributed by atoms with van der Waals surface area (Å²) in [6, 6.07) is 5.96. The lowest BCUT2D eigenvalue weighted by Gasteiger charge is -2.10. The number of carbonyl (C=O) groups excluding carboxylic acids is 1. The lowest BCUT2D eigenvalue weighted by atomic mass is 10.1. The highest BCUT2D eigenvalue weighted by molar-refractivity contribution is 6.03. The van der Waals surface area contributed by atoms with Gasteiger partial charge in [0.05, 0.1) is 11.6 Å². The molecule has 0 aliphatic carbocycles. The van der Waals surface area contributed by atoms with Crippen LogP contribution in [-0.2, 0) is 7.05 Å². The summed E-state index contributed by atoms with van der Waals surface area (Å²) in [7, 11) is 1.66. The topological polar surface area (TPSA) is 90.5 Å². The summed E-state index contributed by atoms with van der Waals surface area (Å²) in [5.41, 5.74) is 0.987. The molecule has 3 aromatic rings. The zero-order valence-electron chi connectivity index (χ0n) is 13.4. The van der Waals surface area contributed by atoms with Crippen LogP contribution in [0.5, 0.6) is 0 Å². The van der Waals surface area contributed by atoms with E-state index in [4.69, 9.17) is 0 Å². The predicted octanol–water partition coefficient (Wildman–Crippen LogP) is 2.05. The number of halogens is 1. The van der Waals surface area contributed by atoms with E-state index in [2.05, 4.69) is 25.9 Å². The van der Waals surface area contributed by atoms with E-state index in [1.165, 1.54) is 21.6 Å². The second-order valence-electron chi connectivity index (χ2n) is 5.53. The molecule has 0 unspecified atom stereocenters.